The fourth-order valence-corrected chi connectivity index (χ4v) is 3.47. The summed E-state index contributed by atoms with van der Waals surface area (Å²) in [5.74, 6) is 1.21. The Balaban J connectivity index is 1.48. The summed E-state index contributed by atoms with van der Waals surface area (Å²) >= 11 is 0. The molecule has 8 heteroatoms. The molecule has 1 saturated carbocycles. The summed E-state index contributed by atoms with van der Waals surface area (Å²) in [6, 6.07) is 7.46. The van der Waals surface area contributed by atoms with Gasteiger partial charge in [-0.2, -0.15) is 0 Å². The van der Waals surface area contributed by atoms with Gasteiger partial charge in [-0.15, -0.1) is 0 Å². The highest BCUT2D eigenvalue weighted by atomic mass is 16.5. The van der Waals surface area contributed by atoms with Crippen LogP contribution in [0.1, 0.15) is 37.1 Å². The highest BCUT2D eigenvalue weighted by Crippen LogP contribution is 2.29. The molecule has 1 aliphatic rings. The standard InChI is InChI=1S/C21H28N4O4/c1-13-11-14(2)23-21(22-13)29-16-7-5-15(6-8-16)24-20(26)25-18-10-9-17(27-3)12-19(18)28-4/h9-12,15-16H,5-8H2,1-4H3,(H2,24,25,26). The van der Waals surface area contributed by atoms with Crippen molar-refractivity contribution in [3.63, 3.8) is 0 Å². The number of carbonyl (C=O) groups excluding carboxylic acids is 1. The van der Waals surface area contributed by atoms with Crippen molar-refractivity contribution in [2.45, 2.75) is 51.7 Å². The number of rotatable bonds is 6. The van der Waals surface area contributed by atoms with Gasteiger partial charge in [0, 0.05) is 23.5 Å². The molecule has 8 nitrogen and oxygen atoms in total. The molecule has 29 heavy (non-hydrogen) atoms. The molecule has 0 unspecified atom stereocenters. The zero-order valence-electron chi connectivity index (χ0n) is 17.3. The molecule has 3 rings (SSSR count). The minimum Gasteiger partial charge on any atom is -0.497 e. The van der Waals surface area contributed by atoms with E-state index in [9.17, 15) is 4.79 Å². The first kappa shape index (κ1) is 20.7. The van der Waals surface area contributed by atoms with Gasteiger partial charge >= 0.3 is 12.0 Å². The second-order valence-corrected chi connectivity index (χ2v) is 7.19. The minimum atomic E-state index is -0.254. The van der Waals surface area contributed by atoms with Crippen LogP contribution in [-0.2, 0) is 0 Å². The summed E-state index contributed by atoms with van der Waals surface area (Å²) in [5, 5.41) is 5.87. The number of methoxy groups -OCH3 is 2. The largest absolute Gasteiger partial charge is 0.497 e. The molecule has 1 aromatic carbocycles. The van der Waals surface area contributed by atoms with Gasteiger partial charge in [0.1, 0.15) is 17.6 Å². The maximum atomic E-state index is 12.4. The smallest absolute Gasteiger partial charge is 0.319 e. The molecule has 0 bridgehead atoms. The van der Waals surface area contributed by atoms with Crippen LogP contribution in [0.5, 0.6) is 17.5 Å². The lowest BCUT2D eigenvalue weighted by Gasteiger charge is -2.29. The van der Waals surface area contributed by atoms with Crippen molar-refractivity contribution in [1.82, 2.24) is 15.3 Å². The number of amides is 2. The Bertz CT molecular complexity index is 830. The van der Waals surface area contributed by atoms with E-state index < -0.39 is 0 Å². The normalized spacial score (nSPS) is 18.6. The second kappa shape index (κ2) is 9.45. The van der Waals surface area contributed by atoms with E-state index in [-0.39, 0.29) is 18.2 Å². The van der Waals surface area contributed by atoms with Gasteiger partial charge in [0.25, 0.3) is 0 Å². The Morgan fingerprint density at radius 2 is 1.69 bits per heavy atom. The van der Waals surface area contributed by atoms with E-state index in [1.54, 1.807) is 32.4 Å². The van der Waals surface area contributed by atoms with E-state index in [1.807, 2.05) is 19.9 Å². The molecule has 1 aliphatic carbocycles. The molecule has 2 aromatic rings. The third-order valence-corrected chi connectivity index (χ3v) is 4.90. The maximum absolute atomic E-state index is 12.4. The van der Waals surface area contributed by atoms with E-state index in [0.29, 0.717) is 23.2 Å². The first-order valence-corrected chi connectivity index (χ1v) is 9.75. The Labute approximate surface area is 171 Å². The van der Waals surface area contributed by atoms with E-state index in [0.717, 1.165) is 37.1 Å². The van der Waals surface area contributed by atoms with Crippen LogP contribution in [0.4, 0.5) is 10.5 Å². The van der Waals surface area contributed by atoms with Gasteiger partial charge in [-0.05, 0) is 57.7 Å². The molecule has 0 aliphatic heterocycles. The van der Waals surface area contributed by atoms with E-state index >= 15 is 0 Å². The summed E-state index contributed by atoms with van der Waals surface area (Å²) in [7, 11) is 3.14. The van der Waals surface area contributed by atoms with Crippen molar-refractivity contribution < 1.29 is 19.0 Å². The van der Waals surface area contributed by atoms with Gasteiger partial charge in [0.05, 0.1) is 19.9 Å². The predicted octanol–water partition coefficient (Wildman–Crippen LogP) is 3.62. The Morgan fingerprint density at radius 3 is 2.31 bits per heavy atom. The van der Waals surface area contributed by atoms with Gasteiger partial charge < -0.3 is 24.8 Å². The summed E-state index contributed by atoms with van der Waals surface area (Å²) in [4.78, 5) is 21.1. The van der Waals surface area contributed by atoms with Crippen molar-refractivity contribution in [1.29, 1.82) is 0 Å². The molecule has 2 N–H and O–H groups in total. The summed E-state index contributed by atoms with van der Waals surface area (Å²) in [5.41, 5.74) is 2.39. The molecule has 1 fully saturated rings. The van der Waals surface area contributed by atoms with Crippen LogP contribution in [0.25, 0.3) is 0 Å². The van der Waals surface area contributed by atoms with E-state index in [4.69, 9.17) is 14.2 Å². The molecule has 0 saturated heterocycles. The lowest BCUT2D eigenvalue weighted by molar-refractivity contribution is 0.129. The first-order chi connectivity index (χ1) is 14.0. The number of ether oxygens (including phenoxy) is 3. The lowest BCUT2D eigenvalue weighted by Crippen LogP contribution is -2.41. The van der Waals surface area contributed by atoms with Crippen LogP contribution in [0.2, 0.25) is 0 Å². The predicted molar refractivity (Wildman–Crippen MR) is 110 cm³/mol. The van der Waals surface area contributed by atoms with Crippen LogP contribution in [-0.4, -0.2) is 42.4 Å². The zero-order valence-corrected chi connectivity index (χ0v) is 17.3. The molecule has 1 aromatic heterocycles. The van der Waals surface area contributed by atoms with Crippen molar-refractivity contribution in [3.05, 3.63) is 35.7 Å². The summed E-state index contributed by atoms with van der Waals surface area (Å²) in [6.07, 6.45) is 3.42. The highest BCUT2D eigenvalue weighted by molar-refractivity contribution is 5.91. The number of urea groups is 1. The molecule has 0 atom stereocenters. The Kier molecular flexibility index (Phi) is 6.74. The number of hydrogen-bond donors (Lipinski definition) is 2. The first-order valence-electron chi connectivity index (χ1n) is 9.75. The highest BCUT2D eigenvalue weighted by Gasteiger charge is 2.24. The molecule has 1 heterocycles. The van der Waals surface area contributed by atoms with Crippen LogP contribution >= 0.6 is 0 Å². The fourth-order valence-electron chi connectivity index (χ4n) is 3.47. The van der Waals surface area contributed by atoms with Crippen molar-refractivity contribution in [3.8, 4) is 17.5 Å². The van der Waals surface area contributed by atoms with Gasteiger partial charge in [-0.1, -0.05) is 0 Å². The van der Waals surface area contributed by atoms with Crippen molar-refractivity contribution in [2.24, 2.45) is 0 Å². The van der Waals surface area contributed by atoms with Gasteiger partial charge in [-0.25, -0.2) is 14.8 Å². The molecular weight excluding hydrogens is 372 g/mol. The number of hydrogen-bond acceptors (Lipinski definition) is 6. The van der Waals surface area contributed by atoms with Gasteiger partial charge in [0.15, 0.2) is 0 Å². The van der Waals surface area contributed by atoms with Crippen LogP contribution in [0.3, 0.4) is 0 Å². The number of nitrogens with zero attached hydrogens (tertiary/aromatic N) is 2. The molecule has 0 radical (unpaired) electrons. The van der Waals surface area contributed by atoms with Crippen LogP contribution in [0.15, 0.2) is 24.3 Å². The fraction of sp³-hybridized carbons (Fsp3) is 0.476. The SMILES string of the molecule is COc1ccc(NC(=O)NC2CCC(Oc3nc(C)cc(C)n3)CC2)c(OC)c1. The van der Waals surface area contributed by atoms with Crippen molar-refractivity contribution in [2.75, 3.05) is 19.5 Å². The van der Waals surface area contributed by atoms with Gasteiger partial charge in [0.2, 0.25) is 0 Å². The van der Waals surface area contributed by atoms with Crippen LogP contribution < -0.4 is 24.8 Å². The summed E-state index contributed by atoms with van der Waals surface area (Å²) < 4.78 is 16.4. The van der Waals surface area contributed by atoms with Gasteiger partial charge in [-0.3, -0.25) is 0 Å². The molecule has 0 spiro atoms. The monoisotopic (exact) mass is 400 g/mol. The number of carbonyl (C=O) groups is 1. The molecule has 2 amide bonds. The number of benzene rings is 1. The summed E-state index contributed by atoms with van der Waals surface area (Å²) in [6.45, 7) is 3.86. The third kappa shape index (κ3) is 5.73. The zero-order chi connectivity index (χ0) is 20.8. The topological polar surface area (TPSA) is 94.6 Å². The van der Waals surface area contributed by atoms with E-state index in [1.165, 1.54) is 0 Å². The average Bonchev–Trinajstić information content (AvgIpc) is 2.69. The second-order valence-electron chi connectivity index (χ2n) is 7.19. The minimum absolute atomic E-state index is 0.0685. The Hall–Kier alpha value is -3.03. The average molecular weight is 400 g/mol. The number of nitrogens with one attached hydrogen (secondary N) is 2. The number of anilines is 1. The quantitative estimate of drug-likeness (QED) is 0.769. The number of aromatic nitrogens is 2. The third-order valence-electron chi connectivity index (χ3n) is 4.90. The maximum Gasteiger partial charge on any atom is 0.319 e. The lowest BCUT2D eigenvalue weighted by atomic mass is 9.93. The molecular formula is C21H28N4O4. The van der Waals surface area contributed by atoms with Crippen molar-refractivity contribution >= 4 is 11.7 Å². The van der Waals surface area contributed by atoms with E-state index in [2.05, 4.69) is 20.6 Å². The van der Waals surface area contributed by atoms with Crippen LogP contribution in [0, 0.1) is 13.8 Å². The molecule has 156 valence electrons. The Morgan fingerprint density at radius 1 is 1.00 bits per heavy atom. The number of aryl methyl sites for hydroxylation is 2.